The first-order chi connectivity index (χ1) is 9.25. The molecule has 0 atom stereocenters. The normalized spacial score (nSPS) is 13.7. The average molecular weight is 319 g/mol. The van der Waals surface area contributed by atoms with Crippen molar-refractivity contribution in [1.82, 2.24) is 0 Å². The molecule has 100 valence electrons. The molecule has 0 aromatic heterocycles. The van der Waals surface area contributed by atoms with Gasteiger partial charge in [0.2, 0.25) is 0 Å². The minimum Gasteiger partial charge on any atom is -0.289 e. The van der Waals surface area contributed by atoms with Crippen molar-refractivity contribution < 1.29 is 4.79 Å². The van der Waals surface area contributed by atoms with Crippen molar-refractivity contribution in [3.05, 3.63) is 64.2 Å². The van der Waals surface area contributed by atoms with Crippen molar-refractivity contribution in [3.63, 3.8) is 0 Å². The number of hydrogen-bond donors (Lipinski definition) is 0. The summed E-state index contributed by atoms with van der Waals surface area (Å²) in [5.74, 6) is 0.0730. The number of halogens is 1. The Morgan fingerprint density at radius 2 is 1.84 bits per heavy atom. The van der Waals surface area contributed by atoms with Crippen molar-refractivity contribution in [3.8, 4) is 0 Å². The van der Waals surface area contributed by atoms with E-state index in [1.54, 1.807) is 6.08 Å². The molecule has 2 heteroatoms. The average Bonchev–Trinajstić information content (AvgIpc) is 2.49. The molecule has 0 bridgehead atoms. The number of ketones is 1. The van der Waals surface area contributed by atoms with Crippen LogP contribution in [-0.4, -0.2) is 5.78 Å². The summed E-state index contributed by atoms with van der Waals surface area (Å²) in [6, 6.07) is 7.87. The van der Waals surface area contributed by atoms with Crippen LogP contribution >= 0.6 is 15.9 Å². The molecule has 0 saturated heterocycles. The van der Waals surface area contributed by atoms with Crippen molar-refractivity contribution in [2.75, 3.05) is 0 Å². The fourth-order valence-corrected chi connectivity index (χ4v) is 1.90. The van der Waals surface area contributed by atoms with Gasteiger partial charge in [0.1, 0.15) is 0 Å². The van der Waals surface area contributed by atoms with Crippen LogP contribution in [0.5, 0.6) is 0 Å². The van der Waals surface area contributed by atoms with Gasteiger partial charge in [-0.2, -0.15) is 0 Å². The molecular formula is C17H19BrO. The molecule has 1 aromatic rings. The molecule has 0 heterocycles. The predicted octanol–water partition coefficient (Wildman–Crippen LogP) is 5.33. The van der Waals surface area contributed by atoms with Gasteiger partial charge < -0.3 is 0 Å². The minimum atomic E-state index is 0.0730. The highest BCUT2D eigenvalue weighted by atomic mass is 79.9. The van der Waals surface area contributed by atoms with Crippen molar-refractivity contribution in [2.24, 2.45) is 0 Å². The lowest BCUT2D eigenvalue weighted by Crippen LogP contribution is -1.97. The summed E-state index contributed by atoms with van der Waals surface area (Å²) >= 11 is 3.38. The molecule has 0 unspecified atom stereocenters. The van der Waals surface area contributed by atoms with E-state index in [2.05, 4.69) is 15.9 Å². The Morgan fingerprint density at radius 3 is 2.42 bits per heavy atom. The zero-order chi connectivity index (χ0) is 14.1. The molecule has 1 nitrogen and oxygen atoms in total. The second-order valence-electron chi connectivity index (χ2n) is 3.89. The third-order valence-electron chi connectivity index (χ3n) is 2.58. The van der Waals surface area contributed by atoms with E-state index in [0.29, 0.717) is 0 Å². The molecule has 2 rings (SSSR count). The molecular weight excluding hydrogens is 300 g/mol. The van der Waals surface area contributed by atoms with Crippen LogP contribution in [0.15, 0.2) is 58.6 Å². The third-order valence-corrected chi connectivity index (χ3v) is 3.11. The van der Waals surface area contributed by atoms with Crippen molar-refractivity contribution >= 4 is 27.8 Å². The Hall–Kier alpha value is -1.41. The summed E-state index contributed by atoms with van der Waals surface area (Å²) in [6.45, 7) is 4.00. The van der Waals surface area contributed by atoms with E-state index in [9.17, 15) is 4.79 Å². The van der Waals surface area contributed by atoms with E-state index in [1.165, 1.54) is 0 Å². The second kappa shape index (κ2) is 8.65. The molecule has 1 aliphatic rings. The zero-order valence-corrected chi connectivity index (χ0v) is 13.0. The molecule has 0 saturated carbocycles. The Bertz CT molecular complexity index is 492. The van der Waals surface area contributed by atoms with Crippen molar-refractivity contribution in [1.29, 1.82) is 0 Å². The second-order valence-corrected chi connectivity index (χ2v) is 4.80. The maximum atomic E-state index is 11.8. The number of hydrogen-bond acceptors (Lipinski definition) is 1. The zero-order valence-electron chi connectivity index (χ0n) is 11.4. The van der Waals surface area contributed by atoms with E-state index < -0.39 is 0 Å². The highest BCUT2D eigenvalue weighted by molar-refractivity contribution is 9.10. The topological polar surface area (TPSA) is 17.1 Å². The van der Waals surface area contributed by atoms with Crippen LogP contribution in [-0.2, 0) is 4.79 Å². The molecule has 0 N–H and O–H groups in total. The van der Waals surface area contributed by atoms with Gasteiger partial charge in [0.15, 0.2) is 5.78 Å². The summed E-state index contributed by atoms with van der Waals surface area (Å²) in [6.07, 6.45) is 11.4. The van der Waals surface area contributed by atoms with Crippen LogP contribution in [0.2, 0.25) is 0 Å². The molecule has 19 heavy (non-hydrogen) atoms. The lowest BCUT2D eigenvalue weighted by Gasteiger charge is -2.02. The van der Waals surface area contributed by atoms with Gasteiger partial charge >= 0.3 is 0 Å². The van der Waals surface area contributed by atoms with Gasteiger partial charge in [-0.05, 0) is 36.6 Å². The van der Waals surface area contributed by atoms with Crippen LogP contribution in [0.1, 0.15) is 32.3 Å². The first-order valence-electron chi connectivity index (χ1n) is 6.60. The standard InChI is InChI=1S/C15H13BrO.C2H6/c16-14-9-6-12(7-10-14)8-11-15(17)13-4-2-1-3-5-13;1-2/h2,4-11H,1,3H2;1-2H3/b11-8+;. The highest BCUT2D eigenvalue weighted by Crippen LogP contribution is 2.14. The fourth-order valence-electron chi connectivity index (χ4n) is 1.64. The van der Waals surface area contributed by atoms with E-state index >= 15 is 0 Å². The third kappa shape index (κ3) is 5.39. The Balaban J connectivity index is 0.000000861. The van der Waals surface area contributed by atoms with E-state index in [-0.39, 0.29) is 5.78 Å². The maximum Gasteiger partial charge on any atom is 0.185 e. The summed E-state index contributed by atoms with van der Waals surface area (Å²) in [5.41, 5.74) is 1.83. The highest BCUT2D eigenvalue weighted by Gasteiger charge is 2.04. The van der Waals surface area contributed by atoms with Crippen LogP contribution < -0.4 is 0 Å². The van der Waals surface area contributed by atoms with Gasteiger partial charge in [0.05, 0.1) is 0 Å². The summed E-state index contributed by atoms with van der Waals surface area (Å²) in [4.78, 5) is 11.8. The number of carbonyl (C=O) groups is 1. The van der Waals surface area contributed by atoms with Crippen LogP contribution in [0.3, 0.4) is 0 Å². The summed E-state index contributed by atoms with van der Waals surface area (Å²) in [5, 5.41) is 0. The van der Waals surface area contributed by atoms with Crippen LogP contribution in [0, 0.1) is 0 Å². The van der Waals surface area contributed by atoms with Gasteiger partial charge in [-0.25, -0.2) is 0 Å². The Labute approximate surface area is 123 Å². The molecule has 0 aliphatic heterocycles. The Morgan fingerprint density at radius 1 is 1.16 bits per heavy atom. The number of rotatable bonds is 3. The SMILES string of the molecule is CC.O=C(/C=C/c1ccc(Br)cc1)C1=CCCC=C1. The predicted molar refractivity (Wildman–Crippen MR) is 86.0 cm³/mol. The molecule has 1 aliphatic carbocycles. The van der Waals surface area contributed by atoms with Crippen LogP contribution in [0.4, 0.5) is 0 Å². The first kappa shape index (κ1) is 15.6. The quantitative estimate of drug-likeness (QED) is 0.688. The lowest BCUT2D eigenvalue weighted by atomic mass is 10.0. The summed E-state index contributed by atoms with van der Waals surface area (Å²) < 4.78 is 1.04. The molecule has 1 aromatic carbocycles. The molecule has 0 radical (unpaired) electrons. The monoisotopic (exact) mass is 318 g/mol. The van der Waals surface area contributed by atoms with E-state index in [0.717, 1.165) is 28.5 Å². The lowest BCUT2D eigenvalue weighted by molar-refractivity contribution is -0.111. The van der Waals surface area contributed by atoms with Crippen LogP contribution in [0.25, 0.3) is 6.08 Å². The molecule has 0 fully saturated rings. The number of benzene rings is 1. The number of allylic oxidation sites excluding steroid dienone is 5. The molecule has 0 spiro atoms. The van der Waals surface area contributed by atoms with Gasteiger partial charge in [0.25, 0.3) is 0 Å². The number of carbonyl (C=O) groups excluding carboxylic acids is 1. The molecule has 0 amide bonds. The fraction of sp³-hybridized carbons (Fsp3) is 0.235. The minimum absolute atomic E-state index is 0.0730. The smallest absolute Gasteiger partial charge is 0.185 e. The van der Waals surface area contributed by atoms with Crippen molar-refractivity contribution in [2.45, 2.75) is 26.7 Å². The maximum absolute atomic E-state index is 11.8. The largest absolute Gasteiger partial charge is 0.289 e. The van der Waals surface area contributed by atoms with Gasteiger partial charge in [-0.3, -0.25) is 4.79 Å². The van der Waals surface area contributed by atoms with E-state index in [1.807, 2.05) is 62.4 Å². The summed E-state index contributed by atoms with van der Waals surface area (Å²) in [7, 11) is 0. The van der Waals surface area contributed by atoms with Gasteiger partial charge in [-0.15, -0.1) is 0 Å². The van der Waals surface area contributed by atoms with Gasteiger partial charge in [-0.1, -0.05) is 66.2 Å². The Kier molecular flexibility index (Phi) is 7.12. The first-order valence-corrected chi connectivity index (χ1v) is 7.40. The van der Waals surface area contributed by atoms with E-state index in [4.69, 9.17) is 0 Å². The van der Waals surface area contributed by atoms with Gasteiger partial charge in [0, 0.05) is 10.0 Å².